The van der Waals surface area contributed by atoms with Crippen LogP contribution in [0.4, 0.5) is 0 Å². The number of nitrogens with one attached hydrogen (secondary N) is 1. The Morgan fingerprint density at radius 1 is 1.12 bits per heavy atom. The van der Waals surface area contributed by atoms with Gasteiger partial charge in [-0.05, 0) is 49.5 Å². The maximum absolute atomic E-state index is 12.1. The molecule has 0 amide bonds. The predicted molar refractivity (Wildman–Crippen MR) is 101 cm³/mol. The molecule has 0 aliphatic carbocycles. The van der Waals surface area contributed by atoms with Gasteiger partial charge in [-0.3, -0.25) is 9.69 Å². The van der Waals surface area contributed by atoms with Crippen LogP contribution in [0.1, 0.15) is 5.82 Å². The van der Waals surface area contributed by atoms with Gasteiger partial charge in [0.1, 0.15) is 18.2 Å². The summed E-state index contributed by atoms with van der Waals surface area (Å²) in [6.45, 7) is 1.70. The van der Waals surface area contributed by atoms with Gasteiger partial charge in [-0.2, -0.15) is 0 Å². The number of benzene rings is 2. The van der Waals surface area contributed by atoms with E-state index < -0.39 is 0 Å². The Morgan fingerprint density at radius 3 is 2.60 bits per heavy atom. The summed E-state index contributed by atoms with van der Waals surface area (Å²) in [5, 5.41) is 1.76. The summed E-state index contributed by atoms with van der Waals surface area (Å²) in [6.07, 6.45) is 0. The molecule has 0 atom stereocenters. The van der Waals surface area contributed by atoms with Gasteiger partial charge < -0.3 is 9.72 Å². The maximum atomic E-state index is 12.1. The van der Waals surface area contributed by atoms with Crippen LogP contribution in [0, 0.1) is 0 Å². The molecule has 0 aliphatic rings. The van der Waals surface area contributed by atoms with E-state index in [-0.39, 0.29) is 5.56 Å². The molecule has 0 saturated carbocycles. The molecule has 0 fully saturated rings. The minimum Gasteiger partial charge on any atom is -0.492 e. The molecule has 0 saturated heterocycles. The molecule has 130 valence electrons. The molecule has 0 radical (unpaired) electrons. The van der Waals surface area contributed by atoms with Crippen LogP contribution >= 0.6 is 23.2 Å². The lowest BCUT2D eigenvalue weighted by atomic mass is 10.2. The lowest BCUT2D eigenvalue weighted by Crippen LogP contribution is -2.26. The number of ether oxygens (including phenoxy) is 1. The summed E-state index contributed by atoms with van der Waals surface area (Å²) in [6, 6.07) is 12.3. The molecule has 0 bridgehead atoms. The van der Waals surface area contributed by atoms with Crippen LogP contribution in [0.5, 0.6) is 5.75 Å². The second kappa shape index (κ2) is 7.87. The van der Waals surface area contributed by atoms with Gasteiger partial charge in [0.25, 0.3) is 5.56 Å². The minimum atomic E-state index is -0.164. The lowest BCUT2D eigenvalue weighted by Gasteiger charge is -2.16. The van der Waals surface area contributed by atoms with Crippen molar-refractivity contribution in [1.29, 1.82) is 0 Å². The number of aromatic nitrogens is 2. The second-order valence-corrected chi connectivity index (χ2v) is 6.59. The number of aromatic amines is 1. The number of fused-ring (bicyclic) bond motifs is 1. The molecule has 7 heteroatoms. The van der Waals surface area contributed by atoms with Crippen LogP contribution in [0.3, 0.4) is 0 Å². The number of H-pyrrole nitrogens is 1. The fraction of sp³-hybridized carbons (Fsp3) is 0.222. The second-order valence-electron chi connectivity index (χ2n) is 5.71. The SMILES string of the molecule is CN(CCOc1ccc(Cl)cc1)Cc1nc2cc(Cl)ccc2c(=O)[nH]1. The first kappa shape index (κ1) is 17.7. The minimum absolute atomic E-state index is 0.164. The zero-order valence-electron chi connectivity index (χ0n) is 13.6. The van der Waals surface area contributed by atoms with Crippen molar-refractivity contribution in [3.8, 4) is 5.75 Å². The molecule has 0 aliphatic heterocycles. The van der Waals surface area contributed by atoms with Gasteiger partial charge in [0.05, 0.1) is 17.4 Å². The van der Waals surface area contributed by atoms with Crippen LogP contribution in [0.2, 0.25) is 10.0 Å². The van der Waals surface area contributed by atoms with Crippen LogP contribution in [0.25, 0.3) is 10.9 Å². The summed E-state index contributed by atoms with van der Waals surface area (Å²) < 4.78 is 5.67. The first-order valence-electron chi connectivity index (χ1n) is 7.76. The van der Waals surface area contributed by atoms with Crippen molar-refractivity contribution in [3.63, 3.8) is 0 Å². The van der Waals surface area contributed by atoms with Crippen molar-refractivity contribution in [2.45, 2.75) is 6.54 Å². The van der Waals surface area contributed by atoms with Crippen LogP contribution in [-0.4, -0.2) is 35.1 Å². The number of rotatable bonds is 6. The van der Waals surface area contributed by atoms with E-state index >= 15 is 0 Å². The van der Waals surface area contributed by atoms with Crippen LogP contribution < -0.4 is 10.3 Å². The first-order valence-corrected chi connectivity index (χ1v) is 8.52. The molecular weight excluding hydrogens is 361 g/mol. The largest absolute Gasteiger partial charge is 0.492 e. The van der Waals surface area contributed by atoms with E-state index in [1.165, 1.54) is 0 Å². The highest BCUT2D eigenvalue weighted by molar-refractivity contribution is 6.31. The summed E-state index contributed by atoms with van der Waals surface area (Å²) in [5.74, 6) is 1.36. The monoisotopic (exact) mass is 377 g/mol. The third kappa shape index (κ3) is 4.72. The quantitative estimate of drug-likeness (QED) is 0.710. The average molecular weight is 378 g/mol. The molecule has 25 heavy (non-hydrogen) atoms. The standard InChI is InChI=1S/C18H17Cl2N3O2/c1-23(8-9-25-14-5-2-12(19)3-6-14)11-17-21-16-10-13(20)4-7-15(16)18(24)22-17/h2-7,10H,8-9,11H2,1H3,(H,21,22,24). The Bertz CT molecular complexity index is 926. The number of halogens is 2. The van der Waals surface area contributed by atoms with Crippen molar-refractivity contribution in [3.05, 3.63) is 68.7 Å². The van der Waals surface area contributed by atoms with Crippen molar-refractivity contribution < 1.29 is 4.74 Å². The molecule has 3 aromatic rings. The summed E-state index contributed by atoms with van der Waals surface area (Å²) in [4.78, 5) is 21.4. The van der Waals surface area contributed by atoms with Gasteiger partial charge in [0, 0.05) is 16.6 Å². The Morgan fingerprint density at radius 2 is 1.84 bits per heavy atom. The van der Waals surface area contributed by atoms with E-state index in [9.17, 15) is 4.79 Å². The van der Waals surface area contributed by atoms with Gasteiger partial charge in [-0.25, -0.2) is 4.98 Å². The third-order valence-corrected chi connectivity index (χ3v) is 4.18. The molecule has 0 unspecified atom stereocenters. The molecular formula is C18H17Cl2N3O2. The molecule has 0 spiro atoms. The van der Waals surface area contributed by atoms with E-state index in [4.69, 9.17) is 27.9 Å². The summed E-state index contributed by atoms with van der Waals surface area (Å²) in [5.41, 5.74) is 0.430. The van der Waals surface area contributed by atoms with E-state index in [1.807, 2.05) is 24.1 Å². The molecule has 1 aromatic heterocycles. The van der Waals surface area contributed by atoms with Gasteiger partial charge in [-0.15, -0.1) is 0 Å². The zero-order valence-corrected chi connectivity index (χ0v) is 15.1. The molecule has 3 rings (SSSR count). The maximum Gasteiger partial charge on any atom is 0.258 e. The van der Waals surface area contributed by atoms with Crippen molar-refractivity contribution in [1.82, 2.24) is 14.9 Å². The van der Waals surface area contributed by atoms with Crippen molar-refractivity contribution >= 4 is 34.1 Å². The van der Waals surface area contributed by atoms with E-state index in [1.54, 1.807) is 30.3 Å². The smallest absolute Gasteiger partial charge is 0.258 e. The van der Waals surface area contributed by atoms with Gasteiger partial charge >= 0.3 is 0 Å². The number of hydrogen-bond acceptors (Lipinski definition) is 4. The highest BCUT2D eigenvalue weighted by Gasteiger charge is 2.07. The Hall–Kier alpha value is -2.08. The van der Waals surface area contributed by atoms with Gasteiger partial charge in [-0.1, -0.05) is 23.2 Å². The summed E-state index contributed by atoms with van der Waals surface area (Å²) >= 11 is 11.8. The van der Waals surface area contributed by atoms with E-state index in [0.717, 1.165) is 5.75 Å². The highest BCUT2D eigenvalue weighted by atomic mass is 35.5. The first-order chi connectivity index (χ1) is 12.0. The van der Waals surface area contributed by atoms with E-state index in [0.29, 0.717) is 46.5 Å². The average Bonchev–Trinajstić information content (AvgIpc) is 2.56. The van der Waals surface area contributed by atoms with Crippen LogP contribution in [0.15, 0.2) is 47.3 Å². The molecule has 2 aromatic carbocycles. The van der Waals surface area contributed by atoms with E-state index in [2.05, 4.69) is 9.97 Å². The normalized spacial score (nSPS) is 11.2. The molecule has 1 N–H and O–H groups in total. The zero-order chi connectivity index (χ0) is 17.8. The van der Waals surface area contributed by atoms with Gasteiger partial charge in [0.15, 0.2) is 0 Å². The summed E-state index contributed by atoms with van der Waals surface area (Å²) in [7, 11) is 1.94. The topological polar surface area (TPSA) is 58.2 Å². The Balaban J connectivity index is 1.60. The fourth-order valence-electron chi connectivity index (χ4n) is 2.42. The Labute approximate surface area is 155 Å². The highest BCUT2D eigenvalue weighted by Crippen LogP contribution is 2.16. The molecule has 1 heterocycles. The third-order valence-electron chi connectivity index (χ3n) is 3.69. The number of likely N-dealkylation sites (N-methyl/N-ethyl adjacent to an activating group) is 1. The van der Waals surface area contributed by atoms with Crippen molar-refractivity contribution in [2.75, 3.05) is 20.2 Å². The Kier molecular flexibility index (Phi) is 5.58. The lowest BCUT2D eigenvalue weighted by molar-refractivity contribution is 0.230. The molecule has 5 nitrogen and oxygen atoms in total. The van der Waals surface area contributed by atoms with Crippen molar-refractivity contribution in [2.24, 2.45) is 0 Å². The predicted octanol–water partition coefficient (Wildman–Crippen LogP) is 3.74. The van der Waals surface area contributed by atoms with Gasteiger partial charge in [0.2, 0.25) is 0 Å². The number of hydrogen-bond donors (Lipinski definition) is 1. The fourth-order valence-corrected chi connectivity index (χ4v) is 2.71. The number of nitrogens with zero attached hydrogens (tertiary/aromatic N) is 2. The van der Waals surface area contributed by atoms with Crippen LogP contribution in [-0.2, 0) is 6.54 Å².